The Bertz CT molecular complexity index is 338. The number of hydrogen-bond donors (Lipinski definition) is 1. The number of nitrogens with two attached hydrogens (primary N) is 1. The van der Waals surface area contributed by atoms with Crippen LogP contribution in [0.5, 0.6) is 0 Å². The van der Waals surface area contributed by atoms with Gasteiger partial charge in [-0.3, -0.25) is 4.79 Å². The van der Waals surface area contributed by atoms with E-state index < -0.39 is 0 Å². The van der Waals surface area contributed by atoms with Crippen LogP contribution in [-0.4, -0.2) is 29.9 Å². The van der Waals surface area contributed by atoms with Gasteiger partial charge in [0, 0.05) is 32.0 Å². The molecule has 2 rings (SSSR count). The Morgan fingerprint density at radius 2 is 2.44 bits per heavy atom. The van der Waals surface area contributed by atoms with E-state index in [-0.39, 0.29) is 11.9 Å². The fourth-order valence-electron chi connectivity index (χ4n) is 2.04. The van der Waals surface area contributed by atoms with E-state index in [1.54, 1.807) is 6.26 Å². The quantitative estimate of drug-likeness (QED) is 0.830. The van der Waals surface area contributed by atoms with E-state index in [9.17, 15) is 4.79 Å². The zero-order valence-corrected chi connectivity index (χ0v) is 9.56. The first-order valence-corrected chi connectivity index (χ1v) is 5.72. The molecule has 2 N–H and O–H groups in total. The Kier molecular flexibility index (Phi) is 3.29. The molecule has 1 aliphatic rings. The average Bonchev–Trinajstić information content (AvgIpc) is 2.86. The molecule has 4 heteroatoms. The van der Waals surface area contributed by atoms with Crippen molar-refractivity contribution in [2.75, 3.05) is 13.1 Å². The summed E-state index contributed by atoms with van der Waals surface area (Å²) in [5, 5.41) is 0. The van der Waals surface area contributed by atoms with Crippen molar-refractivity contribution in [2.24, 2.45) is 11.7 Å². The summed E-state index contributed by atoms with van der Waals surface area (Å²) in [4.78, 5) is 13.7. The lowest BCUT2D eigenvalue weighted by Crippen LogP contribution is -2.32. The third kappa shape index (κ3) is 2.44. The van der Waals surface area contributed by atoms with Crippen LogP contribution in [0, 0.1) is 5.92 Å². The molecule has 2 heterocycles. The SMILES string of the molecule is CC1CN(C(=O)CCc2ccco2)CC1N. The molecule has 88 valence electrons. The van der Waals surface area contributed by atoms with E-state index in [0.717, 1.165) is 12.3 Å². The van der Waals surface area contributed by atoms with Crippen molar-refractivity contribution >= 4 is 5.91 Å². The van der Waals surface area contributed by atoms with Crippen molar-refractivity contribution in [3.8, 4) is 0 Å². The monoisotopic (exact) mass is 222 g/mol. The van der Waals surface area contributed by atoms with Crippen LogP contribution in [0.3, 0.4) is 0 Å². The highest BCUT2D eigenvalue weighted by Crippen LogP contribution is 2.16. The number of carbonyl (C=O) groups is 1. The van der Waals surface area contributed by atoms with Crippen molar-refractivity contribution in [1.29, 1.82) is 0 Å². The summed E-state index contributed by atoms with van der Waals surface area (Å²) >= 11 is 0. The molecule has 0 radical (unpaired) electrons. The highest BCUT2D eigenvalue weighted by molar-refractivity contribution is 5.76. The second-order valence-corrected chi connectivity index (χ2v) is 4.52. The van der Waals surface area contributed by atoms with E-state index in [2.05, 4.69) is 6.92 Å². The standard InChI is InChI=1S/C12H18N2O2/c1-9-7-14(8-11(9)13)12(15)5-4-10-3-2-6-16-10/h2-3,6,9,11H,4-5,7-8,13H2,1H3. The first-order valence-electron chi connectivity index (χ1n) is 5.72. The molecule has 0 saturated carbocycles. The number of amides is 1. The Morgan fingerprint density at radius 3 is 3.00 bits per heavy atom. The summed E-state index contributed by atoms with van der Waals surface area (Å²) in [6.45, 7) is 3.57. The summed E-state index contributed by atoms with van der Waals surface area (Å²) in [6, 6.07) is 3.87. The molecule has 0 aliphatic carbocycles. The van der Waals surface area contributed by atoms with Gasteiger partial charge < -0.3 is 15.1 Å². The molecular formula is C12H18N2O2. The van der Waals surface area contributed by atoms with Crippen LogP contribution in [0.4, 0.5) is 0 Å². The van der Waals surface area contributed by atoms with Crippen LogP contribution < -0.4 is 5.73 Å². The van der Waals surface area contributed by atoms with Crippen molar-refractivity contribution in [2.45, 2.75) is 25.8 Å². The number of nitrogens with zero attached hydrogens (tertiary/aromatic N) is 1. The summed E-state index contributed by atoms with van der Waals surface area (Å²) in [7, 11) is 0. The van der Waals surface area contributed by atoms with Crippen LogP contribution in [0.15, 0.2) is 22.8 Å². The van der Waals surface area contributed by atoms with Gasteiger partial charge in [0.2, 0.25) is 5.91 Å². The largest absolute Gasteiger partial charge is 0.469 e. The van der Waals surface area contributed by atoms with Gasteiger partial charge in [-0.1, -0.05) is 6.92 Å². The van der Waals surface area contributed by atoms with Crippen molar-refractivity contribution in [3.63, 3.8) is 0 Å². The van der Waals surface area contributed by atoms with Gasteiger partial charge >= 0.3 is 0 Å². The minimum Gasteiger partial charge on any atom is -0.469 e. The summed E-state index contributed by atoms with van der Waals surface area (Å²) < 4.78 is 5.19. The van der Waals surface area contributed by atoms with Crippen LogP contribution in [0.1, 0.15) is 19.1 Å². The van der Waals surface area contributed by atoms with Gasteiger partial charge in [0.05, 0.1) is 6.26 Å². The van der Waals surface area contributed by atoms with Gasteiger partial charge in [-0.25, -0.2) is 0 Å². The van der Waals surface area contributed by atoms with E-state index in [1.807, 2.05) is 17.0 Å². The normalized spacial score (nSPS) is 25.0. The van der Waals surface area contributed by atoms with Crippen molar-refractivity contribution in [3.05, 3.63) is 24.2 Å². The number of furan rings is 1. The molecule has 1 aliphatic heterocycles. The molecule has 1 aromatic rings. The van der Waals surface area contributed by atoms with E-state index in [0.29, 0.717) is 25.3 Å². The first kappa shape index (κ1) is 11.2. The Hall–Kier alpha value is -1.29. The number of carbonyl (C=O) groups excluding carboxylic acids is 1. The molecule has 1 saturated heterocycles. The van der Waals surface area contributed by atoms with Crippen LogP contribution in [0.25, 0.3) is 0 Å². The summed E-state index contributed by atoms with van der Waals surface area (Å²) in [5.74, 6) is 1.45. The number of likely N-dealkylation sites (tertiary alicyclic amines) is 1. The fraction of sp³-hybridized carbons (Fsp3) is 0.583. The first-order chi connectivity index (χ1) is 7.66. The van der Waals surface area contributed by atoms with Crippen LogP contribution in [-0.2, 0) is 11.2 Å². The maximum Gasteiger partial charge on any atom is 0.223 e. The van der Waals surface area contributed by atoms with Gasteiger partial charge in [-0.2, -0.15) is 0 Å². The van der Waals surface area contributed by atoms with Gasteiger partial charge in [0.1, 0.15) is 5.76 Å². The maximum absolute atomic E-state index is 11.9. The zero-order valence-electron chi connectivity index (χ0n) is 9.56. The van der Waals surface area contributed by atoms with E-state index in [4.69, 9.17) is 10.2 Å². The van der Waals surface area contributed by atoms with E-state index in [1.165, 1.54) is 0 Å². The molecule has 1 fully saturated rings. The maximum atomic E-state index is 11.9. The highest BCUT2D eigenvalue weighted by atomic mass is 16.3. The molecule has 0 aromatic carbocycles. The Balaban J connectivity index is 1.80. The molecule has 0 spiro atoms. The molecule has 1 aromatic heterocycles. The van der Waals surface area contributed by atoms with Gasteiger partial charge in [-0.05, 0) is 18.1 Å². The molecule has 2 atom stereocenters. The lowest BCUT2D eigenvalue weighted by Gasteiger charge is -2.15. The van der Waals surface area contributed by atoms with Crippen molar-refractivity contribution in [1.82, 2.24) is 4.90 Å². The van der Waals surface area contributed by atoms with E-state index >= 15 is 0 Å². The highest BCUT2D eigenvalue weighted by Gasteiger charge is 2.29. The number of rotatable bonds is 3. The average molecular weight is 222 g/mol. The van der Waals surface area contributed by atoms with Gasteiger partial charge in [-0.15, -0.1) is 0 Å². The van der Waals surface area contributed by atoms with Crippen LogP contribution in [0.2, 0.25) is 0 Å². The third-order valence-electron chi connectivity index (χ3n) is 3.19. The zero-order chi connectivity index (χ0) is 11.5. The van der Waals surface area contributed by atoms with Gasteiger partial charge in [0.25, 0.3) is 0 Å². The third-order valence-corrected chi connectivity index (χ3v) is 3.19. The number of aryl methyl sites for hydroxylation is 1. The van der Waals surface area contributed by atoms with Crippen molar-refractivity contribution < 1.29 is 9.21 Å². The second-order valence-electron chi connectivity index (χ2n) is 4.52. The fourth-order valence-corrected chi connectivity index (χ4v) is 2.04. The summed E-state index contributed by atoms with van der Waals surface area (Å²) in [5.41, 5.74) is 5.88. The minimum atomic E-state index is 0.132. The molecule has 16 heavy (non-hydrogen) atoms. The smallest absolute Gasteiger partial charge is 0.223 e. The topological polar surface area (TPSA) is 59.5 Å². The minimum absolute atomic E-state index is 0.132. The summed E-state index contributed by atoms with van der Waals surface area (Å²) in [6.07, 6.45) is 2.81. The molecule has 2 unspecified atom stereocenters. The lowest BCUT2D eigenvalue weighted by molar-refractivity contribution is -0.130. The predicted molar refractivity (Wildman–Crippen MR) is 60.7 cm³/mol. The lowest BCUT2D eigenvalue weighted by atomic mass is 10.1. The number of hydrogen-bond acceptors (Lipinski definition) is 3. The molecular weight excluding hydrogens is 204 g/mol. The Morgan fingerprint density at radius 1 is 1.62 bits per heavy atom. The molecule has 4 nitrogen and oxygen atoms in total. The Labute approximate surface area is 95.4 Å². The predicted octanol–water partition coefficient (Wildman–Crippen LogP) is 1.02. The molecule has 1 amide bonds. The molecule has 0 bridgehead atoms. The van der Waals surface area contributed by atoms with Gasteiger partial charge in [0.15, 0.2) is 0 Å². The van der Waals surface area contributed by atoms with Crippen LogP contribution >= 0.6 is 0 Å². The second kappa shape index (κ2) is 4.70.